The Balaban J connectivity index is 1.56. The number of rotatable bonds is 6. The molecule has 144 valence electrons. The smallest absolute Gasteiger partial charge is 0.258 e. The minimum absolute atomic E-state index is 0.210. The molecule has 1 saturated heterocycles. The molecule has 7 heteroatoms. The lowest BCUT2D eigenvalue weighted by atomic mass is 10.2. The molecule has 0 unspecified atom stereocenters. The highest BCUT2D eigenvalue weighted by Gasteiger charge is 2.14. The standard InChI is InChI=1S/C20H28N6O/c1-15(2)12-21-20-22-13-16(14-23-20)19(27)24-17-4-6-18(7-5-17)26-10-8-25(3)9-11-26/h4-7,13-15H,8-12H2,1-3H3,(H,24,27)(H,21,22,23). The zero-order chi connectivity index (χ0) is 19.2. The molecule has 1 fully saturated rings. The second-order valence-corrected chi connectivity index (χ2v) is 7.36. The Morgan fingerprint density at radius 2 is 1.70 bits per heavy atom. The second kappa shape index (κ2) is 8.81. The largest absolute Gasteiger partial charge is 0.369 e. The highest BCUT2D eigenvalue weighted by atomic mass is 16.1. The summed E-state index contributed by atoms with van der Waals surface area (Å²) in [6.45, 7) is 9.22. The first-order valence-corrected chi connectivity index (χ1v) is 9.42. The Hall–Kier alpha value is -2.67. The van der Waals surface area contributed by atoms with Crippen molar-refractivity contribution < 1.29 is 4.79 Å². The minimum atomic E-state index is -0.210. The van der Waals surface area contributed by atoms with Crippen LogP contribution in [0.1, 0.15) is 24.2 Å². The molecule has 0 radical (unpaired) electrons. The van der Waals surface area contributed by atoms with E-state index in [1.165, 1.54) is 5.69 Å². The normalized spacial score (nSPS) is 15.0. The number of piperazine rings is 1. The summed E-state index contributed by atoms with van der Waals surface area (Å²) in [6.07, 6.45) is 3.09. The van der Waals surface area contributed by atoms with Crippen LogP contribution in [-0.4, -0.2) is 60.5 Å². The van der Waals surface area contributed by atoms with E-state index in [4.69, 9.17) is 0 Å². The predicted molar refractivity (Wildman–Crippen MR) is 109 cm³/mol. The fraction of sp³-hybridized carbons (Fsp3) is 0.450. The van der Waals surface area contributed by atoms with Crippen molar-refractivity contribution in [3.05, 3.63) is 42.2 Å². The van der Waals surface area contributed by atoms with Gasteiger partial charge >= 0.3 is 0 Å². The molecule has 0 saturated carbocycles. The summed E-state index contributed by atoms with van der Waals surface area (Å²) in [5.41, 5.74) is 2.39. The van der Waals surface area contributed by atoms with Crippen molar-refractivity contribution in [1.29, 1.82) is 0 Å². The molecule has 7 nitrogen and oxygen atoms in total. The summed E-state index contributed by atoms with van der Waals surface area (Å²) in [6, 6.07) is 7.97. The van der Waals surface area contributed by atoms with E-state index in [1.54, 1.807) is 12.4 Å². The first kappa shape index (κ1) is 19.1. The fourth-order valence-electron chi connectivity index (χ4n) is 2.86. The molecule has 3 rings (SSSR count). The minimum Gasteiger partial charge on any atom is -0.369 e. The number of nitrogens with one attached hydrogen (secondary N) is 2. The molecule has 2 N–H and O–H groups in total. The lowest BCUT2D eigenvalue weighted by Crippen LogP contribution is -2.44. The van der Waals surface area contributed by atoms with Gasteiger partial charge in [0.2, 0.25) is 5.95 Å². The second-order valence-electron chi connectivity index (χ2n) is 7.36. The van der Waals surface area contributed by atoms with Gasteiger partial charge in [0.1, 0.15) is 0 Å². The first-order chi connectivity index (χ1) is 13.0. The number of nitrogens with zero attached hydrogens (tertiary/aromatic N) is 4. The molecule has 1 aromatic heterocycles. The van der Waals surface area contributed by atoms with Gasteiger partial charge in [0.25, 0.3) is 5.91 Å². The third-order valence-electron chi connectivity index (χ3n) is 4.58. The average Bonchev–Trinajstić information content (AvgIpc) is 2.68. The van der Waals surface area contributed by atoms with Crippen molar-refractivity contribution in [2.75, 3.05) is 55.3 Å². The summed E-state index contributed by atoms with van der Waals surface area (Å²) >= 11 is 0. The monoisotopic (exact) mass is 368 g/mol. The summed E-state index contributed by atoms with van der Waals surface area (Å²) in [5, 5.41) is 6.04. The molecule has 27 heavy (non-hydrogen) atoms. The first-order valence-electron chi connectivity index (χ1n) is 9.42. The maximum atomic E-state index is 12.4. The topological polar surface area (TPSA) is 73.4 Å². The summed E-state index contributed by atoms with van der Waals surface area (Å²) < 4.78 is 0. The van der Waals surface area contributed by atoms with Crippen LogP contribution in [0.4, 0.5) is 17.3 Å². The van der Waals surface area contributed by atoms with E-state index in [-0.39, 0.29) is 5.91 Å². The summed E-state index contributed by atoms with van der Waals surface area (Å²) in [5.74, 6) is 0.833. The maximum Gasteiger partial charge on any atom is 0.258 e. The molecule has 0 spiro atoms. The van der Waals surface area contributed by atoms with Crippen LogP contribution >= 0.6 is 0 Å². The molecule has 0 aliphatic carbocycles. The van der Waals surface area contributed by atoms with Crippen molar-refractivity contribution in [1.82, 2.24) is 14.9 Å². The van der Waals surface area contributed by atoms with Crippen LogP contribution in [0.3, 0.4) is 0 Å². The van der Waals surface area contributed by atoms with E-state index in [2.05, 4.69) is 63.4 Å². The Labute approximate surface area is 160 Å². The molecule has 1 aromatic carbocycles. The van der Waals surface area contributed by atoms with Crippen LogP contribution in [0, 0.1) is 5.92 Å². The molecule has 2 aromatic rings. The van der Waals surface area contributed by atoms with Crippen molar-refractivity contribution in [3.8, 4) is 0 Å². The van der Waals surface area contributed by atoms with Gasteiger partial charge < -0.3 is 20.4 Å². The van der Waals surface area contributed by atoms with Crippen LogP contribution in [0.5, 0.6) is 0 Å². The van der Waals surface area contributed by atoms with E-state index < -0.39 is 0 Å². The number of aromatic nitrogens is 2. The number of benzene rings is 1. The molecule has 0 atom stereocenters. The molecule has 0 bridgehead atoms. The lowest BCUT2D eigenvalue weighted by molar-refractivity contribution is 0.102. The number of amides is 1. The van der Waals surface area contributed by atoms with Crippen LogP contribution < -0.4 is 15.5 Å². The Morgan fingerprint density at radius 1 is 1.07 bits per heavy atom. The van der Waals surface area contributed by atoms with Crippen molar-refractivity contribution in [2.24, 2.45) is 5.92 Å². The zero-order valence-corrected chi connectivity index (χ0v) is 16.3. The third-order valence-corrected chi connectivity index (χ3v) is 4.58. The van der Waals surface area contributed by atoms with Crippen LogP contribution in [0.15, 0.2) is 36.7 Å². The van der Waals surface area contributed by atoms with E-state index >= 15 is 0 Å². The van der Waals surface area contributed by atoms with E-state index in [0.29, 0.717) is 17.4 Å². The SMILES string of the molecule is CC(C)CNc1ncc(C(=O)Nc2ccc(N3CCN(C)CC3)cc2)cn1. The number of carbonyl (C=O) groups excluding carboxylic acids is 1. The van der Waals surface area contributed by atoms with Crippen molar-refractivity contribution >= 4 is 23.2 Å². The lowest BCUT2D eigenvalue weighted by Gasteiger charge is -2.34. The fourth-order valence-corrected chi connectivity index (χ4v) is 2.86. The number of hydrogen-bond donors (Lipinski definition) is 2. The van der Waals surface area contributed by atoms with Gasteiger partial charge in [0.05, 0.1) is 5.56 Å². The summed E-state index contributed by atoms with van der Waals surface area (Å²) in [7, 11) is 2.15. The zero-order valence-electron chi connectivity index (χ0n) is 16.3. The third kappa shape index (κ3) is 5.40. The van der Waals surface area contributed by atoms with Crippen molar-refractivity contribution in [3.63, 3.8) is 0 Å². The van der Waals surface area contributed by atoms with E-state index in [0.717, 1.165) is 38.4 Å². The molecule has 1 aliphatic rings. The van der Waals surface area contributed by atoms with Gasteiger partial charge in [-0.15, -0.1) is 0 Å². The van der Waals surface area contributed by atoms with Crippen LogP contribution in [0.2, 0.25) is 0 Å². The van der Waals surface area contributed by atoms with Crippen molar-refractivity contribution in [2.45, 2.75) is 13.8 Å². The highest BCUT2D eigenvalue weighted by Crippen LogP contribution is 2.19. The molecule has 2 heterocycles. The average molecular weight is 368 g/mol. The molecule has 1 aliphatic heterocycles. The van der Waals surface area contributed by atoms with E-state index in [1.807, 2.05) is 12.1 Å². The van der Waals surface area contributed by atoms with Crippen LogP contribution in [0.25, 0.3) is 0 Å². The molecule has 1 amide bonds. The number of likely N-dealkylation sites (N-methyl/N-ethyl adjacent to an activating group) is 1. The van der Waals surface area contributed by atoms with Gasteiger partial charge in [-0.1, -0.05) is 13.8 Å². The van der Waals surface area contributed by atoms with Gasteiger partial charge in [0, 0.05) is 56.5 Å². The summed E-state index contributed by atoms with van der Waals surface area (Å²) in [4.78, 5) is 25.5. The Morgan fingerprint density at radius 3 is 2.30 bits per heavy atom. The van der Waals surface area contributed by atoms with E-state index in [9.17, 15) is 4.79 Å². The van der Waals surface area contributed by atoms with Gasteiger partial charge in [-0.2, -0.15) is 0 Å². The van der Waals surface area contributed by atoms with Gasteiger partial charge in [-0.3, -0.25) is 4.79 Å². The van der Waals surface area contributed by atoms with Gasteiger partial charge in [-0.05, 0) is 37.2 Å². The van der Waals surface area contributed by atoms with Gasteiger partial charge in [-0.25, -0.2) is 9.97 Å². The Kier molecular flexibility index (Phi) is 6.24. The van der Waals surface area contributed by atoms with Crippen LogP contribution in [-0.2, 0) is 0 Å². The number of carbonyl (C=O) groups is 1. The van der Waals surface area contributed by atoms with Gasteiger partial charge in [0.15, 0.2) is 0 Å². The number of anilines is 3. The Bertz CT molecular complexity index is 736. The number of hydrogen-bond acceptors (Lipinski definition) is 6. The molecular weight excluding hydrogens is 340 g/mol. The predicted octanol–water partition coefficient (Wildman–Crippen LogP) is 2.55. The highest BCUT2D eigenvalue weighted by molar-refractivity contribution is 6.03. The maximum absolute atomic E-state index is 12.4. The quantitative estimate of drug-likeness (QED) is 0.816. The molecular formula is C20H28N6O.